The predicted octanol–water partition coefficient (Wildman–Crippen LogP) is 4.18. The molecule has 110 valence electrons. The van der Waals surface area contributed by atoms with Crippen LogP contribution >= 0.6 is 22.6 Å². The molecule has 0 saturated heterocycles. The van der Waals surface area contributed by atoms with Gasteiger partial charge in [0.05, 0.1) is 13.2 Å². The number of amides is 1. The Hall–Kier alpha value is -1.56. The number of carbonyl (C=O) groups excluding carboxylic acids is 1. The van der Waals surface area contributed by atoms with Crippen molar-refractivity contribution in [3.63, 3.8) is 0 Å². The second kappa shape index (κ2) is 7.45. The van der Waals surface area contributed by atoms with Gasteiger partial charge in [-0.05, 0) is 71.0 Å². The second-order valence-electron chi connectivity index (χ2n) is 4.71. The maximum Gasteiger partial charge on any atom is 0.251 e. The van der Waals surface area contributed by atoms with Crippen LogP contribution in [-0.4, -0.2) is 13.0 Å². The van der Waals surface area contributed by atoms with E-state index >= 15 is 0 Å². The van der Waals surface area contributed by atoms with E-state index in [9.17, 15) is 4.79 Å². The second-order valence-corrected chi connectivity index (χ2v) is 5.96. The van der Waals surface area contributed by atoms with Gasteiger partial charge in [0.15, 0.2) is 0 Å². The first kappa shape index (κ1) is 15.8. The minimum Gasteiger partial charge on any atom is -0.497 e. The number of ether oxygens (including phenoxy) is 1. The molecule has 2 rings (SSSR count). The monoisotopic (exact) mass is 395 g/mol. The van der Waals surface area contributed by atoms with E-state index in [-0.39, 0.29) is 11.9 Å². The van der Waals surface area contributed by atoms with Gasteiger partial charge in [0.1, 0.15) is 5.75 Å². The number of hydrogen-bond acceptors (Lipinski definition) is 2. The van der Waals surface area contributed by atoms with Gasteiger partial charge in [-0.3, -0.25) is 4.79 Å². The van der Waals surface area contributed by atoms with Gasteiger partial charge in [-0.1, -0.05) is 19.1 Å². The molecule has 0 aliphatic heterocycles. The standard InChI is InChI=1S/C17H18INO2/c1-3-16(12-6-10-15(21-2)11-7-12)19-17(20)13-4-8-14(18)9-5-13/h4-11,16H,3H2,1-2H3,(H,19,20)/t16-/m1/s1. The van der Waals surface area contributed by atoms with Crippen LogP contribution in [0.2, 0.25) is 0 Å². The molecule has 0 fully saturated rings. The normalized spacial score (nSPS) is 11.8. The summed E-state index contributed by atoms with van der Waals surface area (Å²) in [5.41, 5.74) is 1.76. The van der Waals surface area contributed by atoms with Gasteiger partial charge in [-0.2, -0.15) is 0 Å². The van der Waals surface area contributed by atoms with Gasteiger partial charge in [-0.15, -0.1) is 0 Å². The van der Waals surface area contributed by atoms with E-state index in [4.69, 9.17) is 4.74 Å². The minimum atomic E-state index is -0.0472. The molecular weight excluding hydrogens is 377 g/mol. The van der Waals surface area contributed by atoms with Crippen molar-refractivity contribution in [2.45, 2.75) is 19.4 Å². The fourth-order valence-electron chi connectivity index (χ4n) is 2.10. The zero-order chi connectivity index (χ0) is 15.2. The quantitative estimate of drug-likeness (QED) is 0.772. The first-order valence-electron chi connectivity index (χ1n) is 6.84. The van der Waals surface area contributed by atoms with E-state index in [0.717, 1.165) is 21.3 Å². The van der Waals surface area contributed by atoms with Crippen LogP contribution in [0.5, 0.6) is 5.75 Å². The molecule has 0 spiro atoms. The van der Waals surface area contributed by atoms with Crippen LogP contribution in [0.3, 0.4) is 0 Å². The highest BCUT2D eigenvalue weighted by Crippen LogP contribution is 2.20. The van der Waals surface area contributed by atoms with Gasteiger partial charge in [0, 0.05) is 9.13 Å². The highest BCUT2D eigenvalue weighted by atomic mass is 127. The van der Waals surface area contributed by atoms with Crippen molar-refractivity contribution >= 4 is 28.5 Å². The van der Waals surface area contributed by atoms with Crippen LogP contribution in [0, 0.1) is 3.57 Å². The molecule has 0 radical (unpaired) electrons. The largest absolute Gasteiger partial charge is 0.497 e. The molecule has 0 heterocycles. The van der Waals surface area contributed by atoms with Gasteiger partial charge in [-0.25, -0.2) is 0 Å². The van der Waals surface area contributed by atoms with E-state index in [1.165, 1.54) is 0 Å². The summed E-state index contributed by atoms with van der Waals surface area (Å²) in [5, 5.41) is 3.07. The molecule has 0 aliphatic carbocycles. The third kappa shape index (κ3) is 4.20. The maximum atomic E-state index is 12.3. The molecule has 21 heavy (non-hydrogen) atoms. The molecule has 1 N–H and O–H groups in total. The summed E-state index contributed by atoms with van der Waals surface area (Å²) >= 11 is 2.23. The number of benzene rings is 2. The molecule has 1 amide bonds. The summed E-state index contributed by atoms with van der Waals surface area (Å²) in [4.78, 5) is 12.3. The first-order chi connectivity index (χ1) is 10.1. The summed E-state index contributed by atoms with van der Waals surface area (Å²) in [6.45, 7) is 2.06. The fourth-order valence-corrected chi connectivity index (χ4v) is 2.46. The van der Waals surface area contributed by atoms with Gasteiger partial charge in [0.2, 0.25) is 0 Å². The minimum absolute atomic E-state index is 0.00249. The van der Waals surface area contributed by atoms with E-state index in [0.29, 0.717) is 5.56 Å². The Morgan fingerprint density at radius 3 is 2.29 bits per heavy atom. The van der Waals surface area contributed by atoms with Crippen molar-refractivity contribution in [3.8, 4) is 5.75 Å². The lowest BCUT2D eigenvalue weighted by Crippen LogP contribution is -2.28. The number of nitrogens with one attached hydrogen (secondary N) is 1. The molecule has 1 atom stereocenters. The molecule has 3 nitrogen and oxygen atoms in total. The topological polar surface area (TPSA) is 38.3 Å². The number of rotatable bonds is 5. The van der Waals surface area contributed by atoms with Crippen molar-refractivity contribution in [3.05, 3.63) is 63.2 Å². The van der Waals surface area contributed by atoms with Crippen LogP contribution in [0.15, 0.2) is 48.5 Å². The number of carbonyl (C=O) groups is 1. The molecule has 0 aromatic heterocycles. The number of halogens is 1. The summed E-state index contributed by atoms with van der Waals surface area (Å²) < 4.78 is 6.27. The van der Waals surface area contributed by atoms with Gasteiger partial charge >= 0.3 is 0 Å². The Balaban J connectivity index is 2.10. The number of hydrogen-bond donors (Lipinski definition) is 1. The van der Waals surface area contributed by atoms with Crippen molar-refractivity contribution < 1.29 is 9.53 Å². The highest BCUT2D eigenvalue weighted by molar-refractivity contribution is 14.1. The molecule has 0 bridgehead atoms. The maximum absolute atomic E-state index is 12.3. The lowest BCUT2D eigenvalue weighted by Gasteiger charge is -2.18. The average molecular weight is 395 g/mol. The Labute approximate surface area is 138 Å². The Kier molecular flexibility index (Phi) is 5.61. The third-order valence-electron chi connectivity index (χ3n) is 3.34. The van der Waals surface area contributed by atoms with Crippen molar-refractivity contribution in [1.29, 1.82) is 0 Å². The SMILES string of the molecule is CC[C@@H](NC(=O)c1ccc(I)cc1)c1ccc(OC)cc1. The van der Waals surface area contributed by atoms with Crippen molar-refractivity contribution in [2.75, 3.05) is 7.11 Å². The third-order valence-corrected chi connectivity index (χ3v) is 4.06. The van der Waals surface area contributed by atoms with Crippen molar-refractivity contribution in [2.24, 2.45) is 0 Å². The van der Waals surface area contributed by atoms with E-state index < -0.39 is 0 Å². The summed E-state index contributed by atoms with van der Waals surface area (Å²) in [5.74, 6) is 0.770. The average Bonchev–Trinajstić information content (AvgIpc) is 2.53. The Bertz CT molecular complexity index is 593. The molecule has 0 aliphatic rings. The van der Waals surface area contributed by atoms with Crippen LogP contribution in [-0.2, 0) is 0 Å². The first-order valence-corrected chi connectivity index (χ1v) is 7.92. The molecule has 2 aromatic rings. The summed E-state index contributed by atoms with van der Waals surface area (Å²) in [7, 11) is 1.64. The predicted molar refractivity (Wildman–Crippen MR) is 92.7 cm³/mol. The fraction of sp³-hybridized carbons (Fsp3) is 0.235. The molecule has 0 unspecified atom stereocenters. The molecule has 2 aromatic carbocycles. The Morgan fingerprint density at radius 1 is 1.14 bits per heavy atom. The van der Waals surface area contributed by atoms with E-state index in [1.807, 2.05) is 48.5 Å². The van der Waals surface area contributed by atoms with Crippen LogP contribution in [0.4, 0.5) is 0 Å². The van der Waals surface area contributed by atoms with Crippen LogP contribution in [0.25, 0.3) is 0 Å². The number of methoxy groups -OCH3 is 1. The summed E-state index contributed by atoms with van der Waals surface area (Å²) in [6, 6.07) is 15.4. The lowest BCUT2D eigenvalue weighted by molar-refractivity contribution is 0.0935. The zero-order valence-electron chi connectivity index (χ0n) is 12.1. The Morgan fingerprint density at radius 2 is 1.76 bits per heavy atom. The zero-order valence-corrected chi connectivity index (χ0v) is 14.3. The molecule has 4 heteroatoms. The van der Waals surface area contributed by atoms with Gasteiger partial charge in [0.25, 0.3) is 5.91 Å². The smallest absolute Gasteiger partial charge is 0.251 e. The van der Waals surface area contributed by atoms with Crippen LogP contribution in [0.1, 0.15) is 35.3 Å². The summed E-state index contributed by atoms with van der Waals surface area (Å²) in [6.07, 6.45) is 0.836. The lowest BCUT2D eigenvalue weighted by atomic mass is 10.0. The van der Waals surface area contributed by atoms with Crippen LogP contribution < -0.4 is 10.1 Å². The highest BCUT2D eigenvalue weighted by Gasteiger charge is 2.14. The molecular formula is C17H18INO2. The van der Waals surface area contributed by atoms with E-state index in [1.54, 1.807) is 7.11 Å². The molecule has 0 saturated carbocycles. The van der Waals surface area contributed by atoms with E-state index in [2.05, 4.69) is 34.8 Å². The van der Waals surface area contributed by atoms with Gasteiger partial charge < -0.3 is 10.1 Å². The van der Waals surface area contributed by atoms with Crippen molar-refractivity contribution in [1.82, 2.24) is 5.32 Å².